The number of likely N-dealkylation sites (tertiary alicyclic amines) is 1. The van der Waals surface area contributed by atoms with Crippen molar-refractivity contribution in [3.05, 3.63) is 40.4 Å². The smallest absolute Gasteiger partial charge is 0.254 e. The van der Waals surface area contributed by atoms with Crippen LogP contribution in [-0.4, -0.2) is 58.0 Å². The molecule has 0 aliphatic carbocycles. The van der Waals surface area contributed by atoms with Gasteiger partial charge in [-0.1, -0.05) is 42.8 Å². The third-order valence-electron chi connectivity index (χ3n) is 7.15. The lowest BCUT2D eigenvalue weighted by Gasteiger charge is -2.43. The lowest BCUT2D eigenvalue weighted by atomic mass is 9.71. The van der Waals surface area contributed by atoms with Crippen molar-refractivity contribution in [1.82, 2.24) is 4.90 Å². The Morgan fingerprint density at radius 3 is 2.61 bits per heavy atom. The summed E-state index contributed by atoms with van der Waals surface area (Å²) in [6, 6.07) is 3.57. The summed E-state index contributed by atoms with van der Waals surface area (Å²) >= 11 is 12.8. The van der Waals surface area contributed by atoms with Crippen LogP contribution in [0.15, 0.2) is 24.8 Å². The number of nitrogens with zero attached hydrogens (tertiary/aromatic N) is 1. The van der Waals surface area contributed by atoms with Gasteiger partial charge in [-0.25, -0.2) is 4.21 Å². The number of amides is 1. The molecular weight excluding hydrogens is 523 g/mol. The summed E-state index contributed by atoms with van der Waals surface area (Å²) in [4.78, 5) is 15.0. The molecule has 2 aliphatic rings. The topological polar surface area (TPSA) is 91.1 Å². The minimum Gasteiger partial charge on any atom is -0.489 e. The van der Waals surface area contributed by atoms with E-state index >= 15 is 0 Å². The van der Waals surface area contributed by atoms with Crippen LogP contribution < -0.4 is 9.88 Å². The van der Waals surface area contributed by atoms with Crippen LogP contribution in [0.3, 0.4) is 0 Å². The van der Waals surface area contributed by atoms with E-state index in [2.05, 4.69) is 13.5 Å². The van der Waals surface area contributed by atoms with Crippen LogP contribution in [0.1, 0.15) is 58.9 Å². The molecule has 7 nitrogen and oxygen atoms in total. The Kier molecular flexibility index (Phi) is 9.56. The lowest BCUT2D eigenvalue weighted by molar-refractivity contribution is -0.162. The number of piperidine rings is 1. The van der Waals surface area contributed by atoms with Gasteiger partial charge in [-0.3, -0.25) is 9.93 Å². The van der Waals surface area contributed by atoms with Gasteiger partial charge in [0.15, 0.2) is 11.9 Å². The van der Waals surface area contributed by atoms with Crippen molar-refractivity contribution in [2.45, 2.75) is 70.0 Å². The van der Waals surface area contributed by atoms with Gasteiger partial charge in [-0.15, -0.1) is 0 Å². The summed E-state index contributed by atoms with van der Waals surface area (Å²) in [6.07, 6.45) is 2.38. The maximum absolute atomic E-state index is 13.2. The highest BCUT2D eigenvalue weighted by atomic mass is 35.5. The van der Waals surface area contributed by atoms with Crippen LogP contribution in [0.25, 0.3) is 0 Å². The minimum absolute atomic E-state index is 0.0460. The van der Waals surface area contributed by atoms with Crippen molar-refractivity contribution in [2.75, 3.05) is 26.3 Å². The quantitative estimate of drug-likeness (QED) is 0.426. The van der Waals surface area contributed by atoms with Gasteiger partial charge < -0.3 is 19.1 Å². The van der Waals surface area contributed by atoms with E-state index in [0.29, 0.717) is 41.9 Å². The van der Waals surface area contributed by atoms with Crippen LogP contribution in [0.2, 0.25) is 10.0 Å². The number of carbonyl (C=O) groups excluding carboxylic acids is 1. The van der Waals surface area contributed by atoms with Gasteiger partial charge in [-0.05, 0) is 69.9 Å². The highest BCUT2D eigenvalue weighted by molar-refractivity contribution is 7.84. The molecule has 36 heavy (non-hydrogen) atoms. The molecule has 10 heteroatoms. The Labute approximate surface area is 227 Å². The Morgan fingerprint density at radius 2 is 2.06 bits per heavy atom. The zero-order valence-electron chi connectivity index (χ0n) is 21.7. The predicted octanol–water partition coefficient (Wildman–Crippen LogP) is 5.07. The van der Waals surface area contributed by atoms with E-state index < -0.39 is 27.6 Å². The normalized spacial score (nSPS) is 25.9. The highest BCUT2D eigenvalue weighted by Gasteiger charge is 2.43. The first-order chi connectivity index (χ1) is 16.8. The Bertz CT molecular complexity index is 1000. The molecule has 0 spiro atoms. The number of halogens is 2. The van der Waals surface area contributed by atoms with Crippen LogP contribution in [-0.2, 0) is 25.3 Å². The average molecular weight is 562 g/mol. The zero-order chi connectivity index (χ0) is 26.8. The summed E-state index contributed by atoms with van der Waals surface area (Å²) in [5, 5.41) is 6.71. The van der Waals surface area contributed by atoms with Gasteiger partial charge in [0.25, 0.3) is 5.91 Å². The van der Waals surface area contributed by atoms with Gasteiger partial charge in [0.2, 0.25) is 0 Å². The first kappa shape index (κ1) is 29.4. The van der Waals surface area contributed by atoms with E-state index in [9.17, 15) is 9.00 Å². The van der Waals surface area contributed by atoms with Crippen molar-refractivity contribution < 1.29 is 23.2 Å². The number of benzene rings is 1. The molecule has 2 saturated heterocycles. The Balaban J connectivity index is 1.90. The number of hydrogen-bond donors (Lipinski definition) is 1. The molecule has 2 fully saturated rings. The standard InChI is InChI=1S/C26H38Cl2N2O5S/c1-7-10-33-22-12-21(28)20(27)11-18(22)19(13-25(3,4)36(29)32)17-8-9-30(14-16(17)2)24(31)23-15-34-26(5,6)35-23/h7,11-12,16-17,19,23H,1,8-10,13-15,29H2,2-6H3/t16?,17?,19-,23-,36?/m1/s1. The molecule has 0 bridgehead atoms. The van der Waals surface area contributed by atoms with Crippen molar-refractivity contribution in [2.24, 2.45) is 17.0 Å². The first-order valence-electron chi connectivity index (χ1n) is 12.2. The first-order valence-corrected chi connectivity index (χ1v) is 14.2. The monoisotopic (exact) mass is 560 g/mol. The summed E-state index contributed by atoms with van der Waals surface area (Å²) in [5.74, 6) is 0.0604. The summed E-state index contributed by atoms with van der Waals surface area (Å²) < 4.78 is 29.2. The zero-order valence-corrected chi connectivity index (χ0v) is 24.0. The van der Waals surface area contributed by atoms with Gasteiger partial charge in [0.05, 0.1) is 32.4 Å². The second-order valence-electron chi connectivity index (χ2n) is 10.8. The fourth-order valence-electron chi connectivity index (χ4n) is 5.19. The molecule has 0 saturated carbocycles. The number of nitrogens with two attached hydrogens (primary N) is 1. The molecule has 1 aromatic carbocycles. The van der Waals surface area contributed by atoms with E-state index in [1.54, 1.807) is 12.1 Å². The van der Waals surface area contributed by atoms with E-state index in [4.69, 9.17) is 42.6 Å². The molecule has 0 aromatic heterocycles. The van der Waals surface area contributed by atoms with Crippen molar-refractivity contribution in [3.8, 4) is 5.75 Å². The second kappa shape index (κ2) is 11.7. The Morgan fingerprint density at radius 1 is 1.39 bits per heavy atom. The van der Waals surface area contributed by atoms with Crippen LogP contribution in [0.5, 0.6) is 5.75 Å². The lowest BCUT2D eigenvalue weighted by Crippen LogP contribution is -2.49. The van der Waals surface area contributed by atoms with Gasteiger partial charge in [0, 0.05) is 19.2 Å². The molecule has 2 aliphatic heterocycles. The third kappa shape index (κ3) is 6.83. The fourth-order valence-corrected chi connectivity index (χ4v) is 5.85. The van der Waals surface area contributed by atoms with Crippen molar-refractivity contribution in [1.29, 1.82) is 0 Å². The van der Waals surface area contributed by atoms with Gasteiger partial charge >= 0.3 is 0 Å². The minimum atomic E-state index is -1.54. The number of rotatable bonds is 9. The summed E-state index contributed by atoms with van der Waals surface area (Å²) in [5.41, 5.74) is 0.899. The van der Waals surface area contributed by atoms with Crippen molar-refractivity contribution in [3.63, 3.8) is 0 Å². The molecular formula is C26H38Cl2N2O5S. The number of ether oxygens (including phenoxy) is 3. The van der Waals surface area contributed by atoms with Gasteiger partial charge in [0.1, 0.15) is 12.4 Å². The van der Waals surface area contributed by atoms with Gasteiger partial charge in [-0.2, -0.15) is 0 Å². The molecule has 5 atom stereocenters. The maximum atomic E-state index is 13.2. The fraction of sp³-hybridized carbons (Fsp3) is 0.654. The number of hydrogen-bond acceptors (Lipinski definition) is 5. The summed E-state index contributed by atoms with van der Waals surface area (Å²) in [7, 11) is -1.54. The highest BCUT2D eigenvalue weighted by Crippen LogP contribution is 2.47. The van der Waals surface area contributed by atoms with E-state index in [0.717, 1.165) is 12.0 Å². The number of carbonyl (C=O) groups is 1. The van der Waals surface area contributed by atoms with Crippen molar-refractivity contribution >= 4 is 40.1 Å². The van der Waals surface area contributed by atoms with E-state index in [1.165, 1.54) is 0 Å². The predicted molar refractivity (Wildman–Crippen MR) is 145 cm³/mol. The maximum Gasteiger partial charge on any atom is 0.254 e. The molecule has 2 heterocycles. The van der Waals surface area contributed by atoms with Crippen LogP contribution in [0, 0.1) is 11.8 Å². The molecule has 3 rings (SSSR count). The van der Waals surface area contributed by atoms with Crippen LogP contribution >= 0.6 is 23.2 Å². The SMILES string of the molecule is C=CCOc1cc(Cl)c(Cl)cc1[C@H](CC(C)(C)S(N)=O)C1CCN(C(=O)[C@H]2COC(C)(C)O2)CC1C. The average Bonchev–Trinajstić information content (AvgIpc) is 3.17. The third-order valence-corrected chi connectivity index (χ3v) is 9.13. The molecule has 3 unspecified atom stereocenters. The summed E-state index contributed by atoms with van der Waals surface area (Å²) in [6.45, 7) is 15.0. The largest absolute Gasteiger partial charge is 0.489 e. The van der Waals surface area contributed by atoms with E-state index in [1.807, 2.05) is 38.7 Å². The molecule has 2 N–H and O–H groups in total. The molecule has 1 amide bonds. The van der Waals surface area contributed by atoms with E-state index in [-0.39, 0.29) is 30.3 Å². The second-order valence-corrected chi connectivity index (χ2v) is 13.3. The molecule has 202 valence electrons. The molecule has 0 radical (unpaired) electrons. The van der Waals surface area contributed by atoms with Crippen LogP contribution in [0.4, 0.5) is 0 Å². The molecule has 1 aromatic rings. The Hall–Kier alpha value is -1.16.